The van der Waals surface area contributed by atoms with Crippen LogP contribution in [0.15, 0.2) is 12.2 Å². The van der Waals surface area contributed by atoms with E-state index in [9.17, 15) is 19.8 Å². The third kappa shape index (κ3) is 7.27. The standard InChI is InChI=1S/C18H30O5/c1-2-7-13(19)10-11-15-14(16(20)12-17(15)21)8-5-3-4-6-9-18(22)23/h10-11,13-15,17,19,21H,2-9,12H2,1H3,(H,22,23)/b11-10+. The van der Waals surface area contributed by atoms with Gasteiger partial charge in [0.2, 0.25) is 0 Å². The van der Waals surface area contributed by atoms with E-state index in [1.54, 1.807) is 6.08 Å². The Kier molecular flexibility index (Phi) is 9.10. The molecular weight excluding hydrogens is 296 g/mol. The molecule has 1 saturated carbocycles. The Labute approximate surface area is 138 Å². The first kappa shape index (κ1) is 19.8. The van der Waals surface area contributed by atoms with Gasteiger partial charge in [-0.3, -0.25) is 9.59 Å². The van der Waals surface area contributed by atoms with E-state index in [-0.39, 0.29) is 30.5 Å². The lowest BCUT2D eigenvalue weighted by Crippen LogP contribution is -2.19. The lowest BCUT2D eigenvalue weighted by atomic mass is 9.88. The van der Waals surface area contributed by atoms with Crippen LogP contribution in [-0.2, 0) is 9.59 Å². The Morgan fingerprint density at radius 3 is 2.65 bits per heavy atom. The van der Waals surface area contributed by atoms with Gasteiger partial charge in [0.15, 0.2) is 0 Å². The fourth-order valence-corrected chi connectivity index (χ4v) is 3.23. The number of aliphatic hydroxyl groups is 2. The molecule has 3 N–H and O–H groups in total. The zero-order valence-electron chi connectivity index (χ0n) is 14.0. The molecule has 0 aromatic carbocycles. The van der Waals surface area contributed by atoms with Crippen LogP contribution in [0.1, 0.15) is 64.7 Å². The van der Waals surface area contributed by atoms with E-state index in [0.29, 0.717) is 12.8 Å². The molecule has 0 bridgehead atoms. The van der Waals surface area contributed by atoms with E-state index < -0.39 is 18.2 Å². The Hall–Kier alpha value is -1.20. The van der Waals surface area contributed by atoms with Gasteiger partial charge in [-0.15, -0.1) is 0 Å². The van der Waals surface area contributed by atoms with Gasteiger partial charge in [-0.25, -0.2) is 0 Å². The molecule has 0 heterocycles. The van der Waals surface area contributed by atoms with Crippen LogP contribution in [0.2, 0.25) is 0 Å². The maximum Gasteiger partial charge on any atom is 0.303 e. The van der Waals surface area contributed by atoms with E-state index in [4.69, 9.17) is 5.11 Å². The predicted octanol–water partition coefficient (Wildman–Crippen LogP) is 2.69. The number of unbranched alkanes of at least 4 members (excludes halogenated alkanes) is 3. The Morgan fingerprint density at radius 2 is 2.00 bits per heavy atom. The highest BCUT2D eigenvalue weighted by atomic mass is 16.4. The molecule has 5 nitrogen and oxygen atoms in total. The van der Waals surface area contributed by atoms with Crippen LogP contribution in [0, 0.1) is 11.8 Å². The zero-order chi connectivity index (χ0) is 17.2. The summed E-state index contributed by atoms with van der Waals surface area (Å²) in [6.45, 7) is 2.00. The Morgan fingerprint density at radius 1 is 1.30 bits per heavy atom. The molecule has 1 aliphatic carbocycles. The van der Waals surface area contributed by atoms with Crippen LogP contribution >= 0.6 is 0 Å². The molecule has 4 unspecified atom stereocenters. The number of aliphatic carboxylic acids is 1. The smallest absolute Gasteiger partial charge is 0.303 e. The number of hydrogen-bond donors (Lipinski definition) is 3. The molecule has 0 aromatic heterocycles. The lowest BCUT2D eigenvalue weighted by Gasteiger charge is -2.18. The molecule has 0 amide bonds. The molecule has 1 aliphatic rings. The monoisotopic (exact) mass is 326 g/mol. The minimum absolute atomic E-state index is 0.0997. The average molecular weight is 326 g/mol. The maximum atomic E-state index is 12.0. The molecule has 5 heteroatoms. The Bertz CT molecular complexity index is 404. The number of carboxylic acid groups (broad SMARTS) is 1. The first-order valence-corrected chi connectivity index (χ1v) is 8.74. The molecule has 0 radical (unpaired) electrons. The summed E-state index contributed by atoms with van der Waals surface area (Å²) in [7, 11) is 0. The molecule has 1 fully saturated rings. The average Bonchev–Trinajstić information content (AvgIpc) is 2.74. The fraction of sp³-hybridized carbons (Fsp3) is 0.778. The van der Waals surface area contributed by atoms with Crippen LogP contribution in [-0.4, -0.2) is 39.3 Å². The van der Waals surface area contributed by atoms with Crippen molar-refractivity contribution < 1.29 is 24.9 Å². The third-order valence-corrected chi connectivity index (χ3v) is 4.53. The number of aliphatic hydroxyl groups excluding tert-OH is 2. The van der Waals surface area contributed by atoms with Crippen molar-refractivity contribution in [2.75, 3.05) is 0 Å². The van der Waals surface area contributed by atoms with E-state index in [0.717, 1.165) is 32.1 Å². The summed E-state index contributed by atoms with van der Waals surface area (Å²) in [5.74, 6) is -1.04. The van der Waals surface area contributed by atoms with Crippen LogP contribution in [0.25, 0.3) is 0 Å². The summed E-state index contributed by atoms with van der Waals surface area (Å²) in [5, 5.41) is 28.4. The number of carbonyl (C=O) groups is 2. The minimum atomic E-state index is -0.769. The third-order valence-electron chi connectivity index (χ3n) is 4.53. The number of hydrogen-bond acceptors (Lipinski definition) is 4. The van der Waals surface area contributed by atoms with Crippen molar-refractivity contribution in [1.29, 1.82) is 0 Å². The molecule has 4 atom stereocenters. The number of Topliss-reactive ketones (excluding diaryl/α,β-unsaturated/α-hetero) is 1. The summed E-state index contributed by atoms with van der Waals surface area (Å²) in [6.07, 6.45) is 8.33. The van der Waals surface area contributed by atoms with Crippen molar-refractivity contribution in [2.24, 2.45) is 11.8 Å². The molecular formula is C18H30O5. The fourth-order valence-electron chi connectivity index (χ4n) is 3.23. The molecule has 0 spiro atoms. The highest BCUT2D eigenvalue weighted by Gasteiger charge is 2.39. The van der Waals surface area contributed by atoms with Gasteiger partial charge in [-0.1, -0.05) is 44.8 Å². The van der Waals surface area contributed by atoms with Crippen LogP contribution in [0.4, 0.5) is 0 Å². The second-order valence-electron chi connectivity index (χ2n) is 6.51. The van der Waals surface area contributed by atoms with Gasteiger partial charge in [0.1, 0.15) is 5.78 Å². The Balaban J connectivity index is 2.40. The van der Waals surface area contributed by atoms with Gasteiger partial charge in [-0.05, 0) is 19.3 Å². The molecule has 0 aromatic rings. The van der Waals surface area contributed by atoms with E-state index >= 15 is 0 Å². The maximum absolute atomic E-state index is 12.0. The normalized spacial score (nSPS) is 26.0. The molecule has 0 saturated heterocycles. The molecule has 0 aliphatic heterocycles. The second-order valence-corrected chi connectivity index (χ2v) is 6.51. The van der Waals surface area contributed by atoms with Gasteiger partial charge >= 0.3 is 5.97 Å². The van der Waals surface area contributed by atoms with Crippen molar-refractivity contribution in [3.05, 3.63) is 12.2 Å². The van der Waals surface area contributed by atoms with Crippen molar-refractivity contribution in [3.63, 3.8) is 0 Å². The van der Waals surface area contributed by atoms with Crippen molar-refractivity contribution in [1.82, 2.24) is 0 Å². The molecule has 1 rings (SSSR count). The molecule has 23 heavy (non-hydrogen) atoms. The van der Waals surface area contributed by atoms with E-state index in [2.05, 4.69) is 0 Å². The van der Waals surface area contributed by atoms with Crippen LogP contribution < -0.4 is 0 Å². The largest absolute Gasteiger partial charge is 0.481 e. The van der Waals surface area contributed by atoms with Gasteiger partial charge in [-0.2, -0.15) is 0 Å². The quantitative estimate of drug-likeness (QED) is 0.401. The van der Waals surface area contributed by atoms with Gasteiger partial charge in [0.05, 0.1) is 12.2 Å². The summed E-state index contributed by atoms with van der Waals surface area (Å²) in [6, 6.07) is 0. The van der Waals surface area contributed by atoms with Crippen molar-refractivity contribution >= 4 is 11.8 Å². The summed E-state index contributed by atoms with van der Waals surface area (Å²) in [5.41, 5.74) is 0. The van der Waals surface area contributed by atoms with E-state index in [1.807, 2.05) is 13.0 Å². The molecule has 132 valence electrons. The predicted molar refractivity (Wildman–Crippen MR) is 88.0 cm³/mol. The van der Waals surface area contributed by atoms with Crippen LogP contribution in [0.3, 0.4) is 0 Å². The van der Waals surface area contributed by atoms with Crippen LogP contribution in [0.5, 0.6) is 0 Å². The van der Waals surface area contributed by atoms with E-state index in [1.165, 1.54) is 0 Å². The number of carboxylic acids is 1. The number of rotatable bonds is 11. The number of ketones is 1. The highest BCUT2D eigenvalue weighted by molar-refractivity contribution is 5.84. The van der Waals surface area contributed by atoms with Crippen molar-refractivity contribution in [2.45, 2.75) is 76.9 Å². The topological polar surface area (TPSA) is 94.8 Å². The summed E-state index contributed by atoms with van der Waals surface area (Å²) in [4.78, 5) is 22.5. The highest BCUT2D eigenvalue weighted by Crippen LogP contribution is 2.34. The minimum Gasteiger partial charge on any atom is -0.481 e. The zero-order valence-corrected chi connectivity index (χ0v) is 14.0. The summed E-state index contributed by atoms with van der Waals surface area (Å²) >= 11 is 0. The van der Waals surface area contributed by atoms with Crippen molar-refractivity contribution in [3.8, 4) is 0 Å². The van der Waals surface area contributed by atoms with Gasteiger partial charge < -0.3 is 15.3 Å². The van der Waals surface area contributed by atoms with Gasteiger partial charge in [0, 0.05) is 24.7 Å². The first-order valence-electron chi connectivity index (χ1n) is 8.74. The summed E-state index contributed by atoms with van der Waals surface area (Å²) < 4.78 is 0. The van der Waals surface area contributed by atoms with Gasteiger partial charge in [0.25, 0.3) is 0 Å². The second kappa shape index (κ2) is 10.6. The SMILES string of the molecule is CCCC(O)/C=C/C1C(O)CC(=O)C1CCCCCCC(=O)O. The number of carbonyl (C=O) groups excluding carboxylic acids is 1. The lowest BCUT2D eigenvalue weighted by molar-refractivity contribution is -0.137. The first-order chi connectivity index (χ1) is 11.0.